The van der Waals surface area contributed by atoms with Gasteiger partial charge in [0.25, 0.3) is 0 Å². The zero-order valence-electron chi connectivity index (χ0n) is 11.9. The summed E-state index contributed by atoms with van der Waals surface area (Å²) in [5, 5.41) is 7.74. The minimum Gasteiger partial charge on any atom is -0.316 e. The number of aromatic nitrogens is 2. The second-order valence-electron chi connectivity index (χ2n) is 4.95. The van der Waals surface area contributed by atoms with Gasteiger partial charge >= 0.3 is 0 Å². The molecule has 0 unspecified atom stereocenters. The Kier molecular flexibility index (Phi) is 5.16. The molecular weight excluding hydrogens is 234 g/mol. The van der Waals surface area contributed by atoms with E-state index in [1.165, 1.54) is 23.2 Å². The van der Waals surface area contributed by atoms with Gasteiger partial charge in [-0.05, 0) is 50.0 Å². The van der Waals surface area contributed by atoms with Gasteiger partial charge in [0.05, 0.1) is 6.54 Å². The Morgan fingerprint density at radius 2 is 1.79 bits per heavy atom. The maximum Gasteiger partial charge on any atom is 0.0662 e. The predicted molar refractivity (Wildman–Crippen MR) is 79.4 cm³/mol. The number of hydrogen-bond acceptors (Lipinski definition) is 2. The average Bonchev–Trinajstić information content (AvgIpc) is 2.82. The molecule has 3 nitrogen and oxygen atoms in total. The molecule has 0 radical (unpaired) electrons. The van der Waals surface area contributed by atoms with Crippen LogP contribution < -0.4 is 5.32 Å². The van der Waals surface area contributed by atoms with Crippen molar-refractivity contribution >= 4 is 0 Å². The molecule has 0 aliphatic rings. The van der Waals surface area contributed by atoms with Crippen molar-refractivity contribution in [1.29, 1.82) is 0 Å². The van der Waals surface area contributed by atoms with E-state index in [0.717, 1.165) is 26.1 Å². The van der Waals surface area contributed by atoms with Gasteiger partial charge in [-0.1, -0.05) is 31.2 Å². The number of nitrogens with one attached hydrogen (secondary N) is 1. The number of aryl methyl sites for hydroxylation is 1. The minimum absolute atomic E-state index is 0.854. The fourth-order valence-electron chi connectivity index (χ4n) is 2.08. The lowest BCUT2D eigenvalue weighted by molar-refractivity contribution is 0.662. The third-order valence-corrected chi connectivity index (χ3v) is 3.30. The van der Waals surface area contributed by atoms with Crippen molar-refractivity contribution in [2.75, 3.05) is 13.1 Å². The Labute approximate surface area is 115 Å². The topological polar surface area (TPSA) is 29.9 Å². The summed E-state index contributed by atoms with van der Waals surface area (Å²) in [7, 11) is 0. The highest BCUT2D eigenvalue weighted by Gasteiger charge is 1.99. The van der Waals surface area contributed by atoms with Crippen LogP contribution in [0.4, 0.5) is 0 Å². The lowest BCUT2D eigenvalue weighted by Gasteiger charge is -2.07. The largest absolute Gasteiger partial charge is 0.316 e. The first kappa shape index (κ1) is 13.8. The molecule has 0 saturated carbocycles. The van der Waals surface area contributed by atoms with Gasteiger partial charge in [-0.3, -0.25) is 4.68 Å². The lowest BCUT2D eigenvalue weighted by Crippen LogP contribution is -2.17. The summed E-state index contributed by atoms with van der Waals surface area (Å²) in [5.74, 6) is 0. The van der Waals surface area contributed by atoms with Crippen molar-refractivity contribution in [1.82, 2.24) is 15.1 Å². The number of benzene rings is 1. The molecule has 0 amide bonds. The number of nitrogens with zero attached hydrogens (tertiary/aromatic N) is 2. The van der Waals surface area contributed by atoms with Gasteiger partial charge in [-0.25, -0.2) is 0 Å². The van der Waals surface area contributed by atoms with E-state index in [2.05, 4.69) is 48.5 Å². The van der Waals surface area contributed by atoms with E-state index < -0.39 is 0 Å². The van der Waals surface area contributed by atoms with E-state index in [0.29, 0.717) is 0 Å². The van der Waals surface area contributed by atoms with Gasteiger partial charge < -0.3 is 5.32 Å². The summed E-state index contributed by atoms with van der Waals surface area (Å²) in [5.41, 5.74) is 3.90. The van der Waals surface area contributed by atoms with Crippen molar-refractivity contribution in [2.24, 2.45) is 0 Å². The molecule has 1 N–H and O–H groups in total. The normalized spacial score (nSPS) is 10.8. The molecule has 102 valence electrons. The van der Waals surface area contributed by atoms with Gasteiger partial charge in [0.15, 0.2) is 0 Å². The van der Waals surface area contributed by atoms with Crippen LogP contribution in [0, 0.1) is 6.92 Å². The summed E-state index contributed by atoms with van der Waals surface area (Å²) in [4.78, 5) is 0. The highest BCUT2D eigenvalue weighted by Crippen LogP contribution is 2.08. The first-order valence-corrected chi connectivity index (χ1v) is 7.06. The van der Waals surface area contributed by atoms with Crippen LogP contribution in [0.5, 0.6) is 0 Å². The molecule has 0 aliphatic heterocycles. The Bertz CT molecular complexity index is 485. The Hall–Kier alpha value is -1.61. The van der Waals surface area contributed by atoms with Crippen molar-refractivity contribution < 1.29 is 0 Å². The second-order valence-corrected chi connectivity index (χ2v) is 4.95. The smallest absolute Gasteiger partial charge is 0.0662 e. The average molecular weight is 257 g/mol. The third kappa shape index (κ3) is 4.21. The molecule has 0 fully saturated rings. The van der Waals surface area contributed by atoms with E-state index in [1.807, 2.05) is 16.9 Å². The van der Waals surface area contributed by atoms with Gasteiger partial charge in [-0.15, -0.1) is 0 Å². The standard InChI is InChI=1S/C16H23N3/c1-3-10-17-11-9-15-4-6-16(7-5-15)13-19-14(2)8-12-18-19/h4-8,12,17H,3,9-11,13H2,1-2H3. The second kappa shape index (κ2) is 7.10. The fraction of sp³-hybridized carbons (Fsp3) is 0.438. The minimum atomic E-state index is 0.854. The van der Waals surface area contributed by atoms with E-state index in [1.54, 1.807) is 0 Å². The number of rotatable bonds is 7. The van der Waals surface area contributed by atoms with Crippen LogP contribution in [0.2, 0.25) is 0 Å². The predicted octanol–water partition coefficient (Wildman–Crippen LogP) is 2.78. The molecule has 3 heteroatoms. The first-order valence-electron chi connectivity index (χ1n) is 7.06. The van der Waals surface area contributed by atoms with E-state index in [4.69, 9.17) is 0 Å². The van der Waals surface area contributed by atoms with Crippen LogP contribution in [0.15, 0.2) is 36.5 Å². The molecule has 0 spiro atoms. The zero-order valence-corrected chi connectivity index (χ0v) is 11.9. The maximum absolute atomic E-state index is 4.31. The highest BCUT2D eigenvalue weighted by atomic mass is 15.3. The van der Waals surface area contributed by atoms with E-state index >= 15 is 0 Å². The molecule has 0 saturated heterocycles. The molecule has 0 atom stereocenters. The highest BCUT2D eigenvalue weighted by molar-refractivity contribution is 5.23. The van der Waals surface area contributed by atoms with Crippen molar-refractivity contribution in [3.8, 4) is 0 Å². The summed E-state index contributed by atoms with van der Waals surface area (Å²) >= 11 is 0. The van der Waals surface area contributed by atoms with Crippen LogP contribution >= 0.6 is 0 Å². The van der Waals surface area contributed by atoms with Gasteiger partial charge in [0.2, 0.25) is 0 Å². The van der Waals surface area contributed by atoms with Gasteiger partial charge in [-0.2, -0.15) is 5.10 Å². The van der Waals surface area contributed by atoms with Crippen LogP contribution in [0.25, 0.3) is 0 Å². The van der Waals surface area contributed by atoms with Crippen LogP contribution in [0.1, 0.15) is 30.2 Å². The third-order valence-electron chi connectivity index (χ3n) is 3.30. The maximum atomic E-state index is 4.31. The molecule has 2 rings (SSSR count). The van der Waals surface area contributed by atoms with Crippen molar-refractivity contribution in [3.05, 3.63) is 53.3 Å². The SMILES string of the molecule is CCCNCCc1ccc(Cn2nccc2C)cc1. The summed E-state index contributed by atoms with van der Waals surface area (Å²) in [6.45, 7) is 7.30. The molecule has 1 heterocycles. The van der Waals surface area contributed by atoms with E-state index in [9.17, 15) is 0 Å². The van der Waals surface area contributed by atoms with E-state index in [-0.39, 0.29) is 0 Å². The van der Waals surface area contributed by atoms with Crippen molar-refractivity contribution in [3.63, 3.8) is 0 Å². The fourth-order valence-corrected chi connectivity index (χ4v) is 2.08. The molecule has 0 aliphatic carbocycles. The molecule has 0 bridgehead atoms. The van der Waals surface area contributed by atoms with Crippen molar-refractivity contribution in [2.45, 2.75) is 33.2 Å². The summed E-state index contributed by atoms with van der Waals surface area (Å²) in [6.07, 6.45) is 4.15. The first-order chi connectivity index (χ1) is 9.29. The zero-order chi connectivity index (χ0) is 13.5. The Morgan fingerprint density at radius 3 is 2.42 bits per heavy atom. The quantitative estimate of drug-likeness (QED) is 0.773. The molecule has 1 aromatic carbocycles. The Balaban J connectivity index is 1.86. The van der Waals surface area contributed by atoms with Gasteiger partial charge in [0.1, 0.15) is 0 Å². The summed E-state index contributed by atoms with van der Waals surface area (Å²) in [6, 6.07) is 10.9. The summed E-state index contributed by atoms with van der Waals surface area (Å²) < 4.78 is 2.03. The lowest BCUT2D eigenvalue weighted by atomic mass is 10.1. The molecule has 2 aromatic rings. The molecule has 1 aromatic heterocycles. The number of hydrogen-bond donors (Lipinski definition) is 1. The van der Waals surface area contributed by atoms with Crippen LogP contribution in [0.3, 0.4) is 0 Å². The Morgan fingerprint density at radius 1 is 1.05 bits per heavy atom. The molecular formula is C16H23N3. The van der Waals surface area contributed by atoms with Gasteiger partial charge in [0, 0.05) is 11.9 Å². The monoisotopic (exact) mass is 257 g/mol. The molecule has 19 heavy (non-hydrogen) atoms. The van der Waals surface area contributed by atoms with Crippen LogP contribution in [-0.4, -0.2) is 22.9 Å². The van der Waals surface area contributed by atoms with Crippen LogP contribution in [-0.2, 0) is 13.0 Å².